The lowest BCUT2D eigenvalue weighted by atomic mass is 9.49. The van der Waals surface area contributed by atoms with Gasteiger partial charge in [-0.2, -0.15) is 0 Å². The van der Waals surface area contributed by atoms with E-state index < -0.39 is 11.9 Å². The zero-order chi connectivity index (χ0) is 15.0. The van der Waals surface area contributed by atoms with Gasteiger partial charge in [-0.05, 0) is 62.7 Å². The molecule has 0 radical (unpaired) electrons. The summed E-state index contributed by atoms with van der Waals surface area (Å²) in [6.45, 7) is 1.01. The zero-order valence-electron chi connectivity index (χ0n) is 12.3. The molecule has 5 rings (SSSR count). The average molecular weight is 296 g/mol. The summed E-state index contributed by atoms with van der Waals surface area (Å²) in [5, 5.41) is 17.6. The molecule has 5 aliphatic rings. The third kappa shape index (κ3) is 2.93. The van der Waals surface area contributed by atoms with Crippen LogP contribution >= 0.6 is 0 Å². The van der Waals surface area contributed by atoms with Crippen LogP contribution in [0.4, 0.5) is 0 Å². The van der Waals surface area contributed by atoms with Crippen LogP contribution in [0, 0.1) is 29.1 Å². The van der Waals surface area contributed by atoms with E-state index in [2.05, 4.69) is 0 Å². The van der Waals surface area contributed by atoms with Gasteiger partial charge in [-0.1, -0.05) is 0 Å². The Hall–Kier alpha value is -1.10. The Morgan fingerprint density at radius 3 is 1.76 bits per heavy atom. The van der Waals surface area contributed by atoms with E-state index in [0.29, 0.717) is 19.6 Å². The smallest absolute Gasteiger partial charge is 0.309 e. The second-order valence-electron chi connectivity index (χ2n) is 7.40. The van der Waals surface area contributed by atoms with Crippen molar-refractivity contribution in [3.05, 3.63) is 0 Å². The fourth-order valence-electron chi connectivity index (χ4n) is 5.10. The van der Waals surface area contributed by atoms with Crippen LogP contribution in [0.15, 0.2) is 0 Å². The van der Waals surface area contributed by atoms with Crippen molar-refractivity contribution >= 4 is 11.9 Å². The summed E-state index contributed by atoms with van der Waals surface area (Å²) in [5.41, 5.74) is -0.283. The van der Waals surface area contributed by atoms with Gasteiger partial charge in [0.25, 0.3) is 0 Å². The van der Waals surface area contributed by atoms with Crippen molar-refractivity contribution < 1.29 is 24.5 Å². The first-order valence-electron chi connectivity index (χ1n) is 8.02. The first-order valence-corrected chi connectivity index (χ1v) is 8.02. The van der Waals surface area contributed by atoms with Crippen molar-refractivity contribution in [3.8, 4) is 0 Å². The van der Waals surface area contributed by atoms with Gasteiger partial charge >= 0.3 is 11.9 Å². The molecule has 21 heavy (non-hydrogen) atoms. The molecule has 0 aromatic heterocycles. The quantitative estimate of drug-likeness (QED) is 0.817. The SMILES string of the molecule is O=C(O)C12CC3CC(CC(C3)C1)C2.O=C(O)C1CCOC1. The van der Waals surface area contributed by atoms with Crippen LogP contribution in [0.3, 0.4) is 0 Å². The number of hydrogen-bond donors (Lipinski definition) is 2. The number of carboxylic acids is 2. The van der Waals surface area contributed by atoms with Gasteiger partial charge in [0.05, 0.1) is 17.9 Å². The van der Waals surface area contributed by atoms with Crippen LogP contribution < -0.4 is 0 Å². The highest BCUT2D eigenvalue weighted by atomic mass is 16.5. The average Bonchev–Trinajstić information content (AvgIpc) is 2.91. The maximum atomic E-state index is 11.3. The van der Waals surface area contributed by atoms with Crippen LogP contribution in [-0.2, 0) is 14.3 Å². The Kier molecular flexibility index (Phi) is 3.95. The van der Waals surface area contributed by atoms with Crippen LogP contribution in [-0.4, -0.2) is 35.4 Å². The molecule has 1 saturated heterocycles. The summed E-state index contributed by atoms with van der Waals surface area (Å²) in [6, 6.07) is 0. The van der Waals surface area contributed by atoms with E-state index in [-0.39, 0.29) is 11.3 Å². The van der Waals surface area contributed by atoms with Crippen LogP contribution in [0.2, 0.25) is 0 Å². The van der Waals surface area contributed by atoms with Crippen molar-refractivity contribution in [1.29, 1.82) is 0 Å². The topological polar surface area (TPSA) is 83.8 Å². The normalized spacial score (nSPS) is 43.2. The van der Waals surface area contributed by atoms with E-state index in [1.54, 1.807) is 0 Å². The van der Waals surface area contributed by atoms with E-state index in [0.717, 1.165) is 37.0 Å². The number of aliphatic carboxylic acids is 2. The summed E-state index contributed by atoms with van der Waals surface area (Å²) in [7, 11) is 0. The predicted octanol–water partition coefficient (Wildman–Crippen LogP) is 2.39. The molecule has 1 atom stereocenters. The molecule has 1 heterocycles. The summed E-state index contributed by atoms with van der Waals surface area (Å²) in [6.07, 6.45) is 7.60. The standard InChI is InChI=1S/C11H16O2.C5H8O3/c12-10(13)11-4-7-1-8(5-11)3-9(2-7)6-11;6-5(7)4-1-2-8-3-4/h7-9H,1-6H2,(H,12,13);4H,1-3H2,(H,6,7). The lowest BCUT2D eigenvalue weighted by Crippen LogP contribution is -2.49. The van der Waals surface area contributed by atoms with Gasteiger partial charge in [0.1, 0.15) is 0 Å². The van der Waals surface area contributed by atoms with Crippen LogP contribution in [0.5, 0.6) is 0 Å². The van der Waals surface area contributed by atoms with E-state index in [9.17, 15) is 14.7 Å². The van der Waals surface area contributed by atoms with Crippen molar-refractivity contribution in [1.82, 2.24) is 0 Å². The Bertz CT molecular complexity index is 389. The maximum absolute atomic E-state index is 11.3. The third-order valence-corrected chi connectivity index (χ3v) is 5.77. The van der Waals surface area contributed by atoms with Crippen molar-refractivity contribution in [2.45, 2.75) is 44.9 Å². The Balaban J connectivity index is 0.000000143. The lowest BCUT2D eigenvalue weighted by Gasteiger charge is -2.54. The molecule has 5 fully saturated rings. The lowest BCUT2D eigenvalue weighted by molar-refractivity contribution is -0.164. The molecule has 118 valence electrons. The number of ether oxygens (including phenoxy) is 1. The number of carbonyl (C=O) groups is 2. The monoisotopic (exact) mass is 296 g/mol. The minimum atomic E-state index is -0.734. The molecule has 2 N–H and O–H groups in total. The van der Waals surface area contributed by atoms with E-state index in [4.69, 9.17) is 9.84 Å². The fraction of sp³-hybridized carbons (Fsp3) is 0.875. The van der Waals surface area contributed by atoms with Gasteiger partial charge in [-0.15, -0.1) is 0 Å². The molecule has 0 aromatic carbocycles. The van der Waals surface area contributed by atoms with Gasteiger partial charge in [-0.3, -0.25) is 9.59 Å². The molecule has 5 heteroatoms. The van der Waals surface area contributed by atoms with Gasteiger partial charge < -0.3 is 14.9 Å². The van der Waals surface area contributed by atoms with E-state index in [1.807, 2.05) is 0 Å². The van der Waals surface area contributed by atoms with E-state index in [1.165, 1.54) is 19.3 Å². The van der Waals surface area contributed by atoms with Gasteiger partial charge in [-0.25, -0.2) is 0 Å². The largest absolute Gasteiger partial charge is 0.481 e. The molecular weight excluding hydrogens is 272 g/mol. The highest BCUT2D eigenvalue weighted by molar-refractivity contribution is 5.75. The minimum absolute atomic E-state index is 0.241. The van der Waals surface area contributed by atoms with Gasteiger partial charge in [0.15, 0.2) is 0 Å². The first kappa shape index (κ1) is 14.8. The number of carboxylic acid groups (broad SMARTS) is 2. The zero-order valence-corrected chi connectivity index (χ0v) is 12.3. The summed E-state index contributed by atoms with van der Waals surface area (Å²) in [4.78, 5) is 21.4. The van der Waals surface area contributed by atoms with Crippen molar-refractivity contribution in [2.75, 3.05) is 13.2 Å². The molecule has 5 nitrogen and oxygen atoms in total. The molecule has 1 unspecified atom stereocenters. The molecule has 1 aliphatic heterocycles. The van der Waals surface area contributed by atoms with Gasteiger partial charge in [0, 0.05) is 6.61 Å². The molecule has 4 aliphatic carbocycles. The molecule has 4 saturated carbocycles. The first-order chi connectivity index (χ1) is 9.98. The molecule has 0 aromatic rings. The van der Waals surface area contributed by atoms with Crippen molar-refractivity contribution in [2.24, 2.45) is 29.1 Å². The maximum Gasteiger partial charge on any atom is 0.309 e. The van der Waals surface area contributed by atoms with Crippen LogP contribution in [0.1, 0.15) is 44.9 Å². The predicted molar refractivity (Wildman–Crippen MR) is 74.8 cm³/mol. The Morgan fingerprint density at radius 2 is 1.48 bits per heavy atom. The summed E-state index contributed by atoms with van der Waals surface area (Å²) >= 11 is 0. The number of rotatable bonds is 2. The summed E-state index contributed by atoms with van der Waals surface area (Å²) in [5.74, 6) is 0.774. The highest BCUT2D eigenvalue weighted by Gasteiger charge is 2.54. The number of hydrogen-bond acceptors (Lipinski definition) is 3. The van der Waals surface area contributed by atoms with Gasteiger partial charge in [0.2, 0.25) is 0 Å². The second-order valence-corrected chi connectivity index (χ2v) is 7.40. The van der Waals surface area contributed by atoms with Crippen molar-refractivity contribution in [3.63, 3.8) is 0 Å². The fourth-order valence-corrected chi connectivity index (χ4v) is 5.10. The summed E-state index contributed by atoms with van der Waals surface area (Å²) < 4.78 is 4.84. The Morgan fingerprint density at radius 1 is 0.952 bits per heavy atom. The minimum Gasteiger partial charge on any atom is -0.481 e. The molecule has 4 bridgehead atoms. The second kappa shape index (κ2) is 5.59. The molecule has 0 amide bonds. The molecular formula is C16H24O5. The third-order valence-electron chi connectivity index (χ3n) is 5.77. The van der Waals surface area contributed by atoms with Crippen LogP contribution in [0.25, 0.3) is 0 Å². The Labute approximate surface area is 124 Å². The highest BCUT2D eigenvalue weighted by Crippen LogP contribution is 2.59. The molecule has 0 spiro atoms. The van der Waals surface area contributed by atoms with E-state index >= 15 is 0 Å².